The van der Waals surface area contributed by atoms with Gasteiger partial charge in [-0.2, -0.15) is 0 Å². The highest BCUT2D eigenvalue weighted by Crippen LogP contribution is 2.25. The Labute approximate surface area is 133 Å². The molecule has 0 spiro atoms. The third-order valence-corrected chi connectivity index (χ3v) is 4.67. The van der Waals surface area contributed by atoms with Gasteiger partial charge in [0.25, 0.3) is 10.0 Å². The molecule has 22 heavy (non-hydrogen) atoms. The van der Waals surface area contributed by atoms with Crippen molar-refractivity contribution in [1.29, 1.82) is 0 Å². The van der Waals surface area contributed by atoms with Gasteiger partial charge in [-0.05, 0) is 42.3 Å². The van der Waals surface area contributed by atoms with Crippen LogP contribution in [0.1, 0.15) is 11.1 Å². The van der Waals surface area contributed by atoms with E-state index < -0.39 is 16.0 Å². The number of carbonyl (C=O) groups is 1. The molecule has 2 rings (SSSR count). The minimum absolute atomic E-state index is 0.0409. The van der Waals surface area contributed by atoms with Gasteiger partial charge >= 0.3 is 5.97 Å². The molecular weight excluding hydrogens is 326 g/mol. The molecule has 5 nitrogen and oxygen atoms in total. The van der Waals surface area contributed by atoms with E-state index in [0.29, 0.717) is 16.3 Å². The number of aryl methyl sites for hydroxylation is 1. The molecular formula is C15H14ClNO4S. The number of hydrogen-bond acceptors (Lipinski definition) is 3. The van der Waals surface area contributed by atoms with Crippen LogP contribution in [0.2, 0.25) is 5.02 Å². The molecule has 116 valence electrons. The normalized spacial score (nSPS) is 11.2. The predicted octanol–water partition coefficient (Wildman–Crippen LogP) is 3.08. The molecule has 0 bridgehead atoms. The summed E-state index contributed by atoms with van der Waals surface area (Å²) in [7, 11) is -3.78. The van der Waals surface area contributed by atoms with Gasteiger partial charge in [-0.15, -0.1) is 0 Å². The van der Waals surface area contributed by atoms with Crippen LogP contribution in [-0.4, -0.2) is 19.5 Å². The molecule has 0 fully saturated rings. The third-order valence-electron chi connectivity index (χ3n) is 2.96. The Bertz CT molecular complexity index is 801. The van der Waals surface area contributed by atoms with Crippen molar-refractivity contribution in [2.75, 3.05) is 4.72 Å². The molecule has 2 aromatic rings. The Kier molecular flexibility index (Phi) is 4.73. The summed E-state index contributed by atoms with van der Waals surface area (Å²) in [4.78, 5) is 10.7. The number of benzene rings is 2. The first-order valence-electron chi connectivity index (χ1n) is 6.37. The van der Waals surface area contributed by atoms with E-state index in [0.717, 1.165) is 5.56 Å². The summed E-state index contributed by atoms with van der Waals surface area (Å²) in [6, 6.07) is 10.7. The highest BCUT2D eigenvalue weighted by Gasteiger charge is 2.16. The number of carboxylic acids is 1. The maximum atomic E-state index is 12.3. The van der Waals surface area contributed by atoms with Crippen molar-refractivity contribution in [2.45, 2.75) is 18.2 Å². The van der Waals surface area contributed by atoms with Crippen LogP contribution < -0.4 is 4.72 Å². The summed E-state index contributed by atoms with van der Waals surface area (Å²) in [5.41, 5.74) is 1.70. The van der Waals surface area contributed by atoms with Crippen LogP contribution in [0.4, 0.5) is 5.69 Å². The molecule has 0 saturated heterocycles. The van der Waals surface area contributed by atoms with Crippen LogP contribution >= 0.6 is 11.6 Å². The Hall–Kier alpha value is -2.05. The van der Waals surface area contributed by atoms with Crippen LogP contribution in [0.15, 0.2) is 47.4 Å². The SMILES string of the molecule is Cc1ccc(Cl)c(NS(=O)(=O)c2ccc(CC(=O)O)cc2)c1. The molecule has 0 aliphatic rings. The van der Waals surface area contributed by atoms with E-state index in [1.807, 2.05) is 6.92 Å². The largest absolute Gasteiger partial charge is 0.481 e. The molecule has 2 N–H and O–H groups in total. The zero-order chi connectivity index (χ0) is 16.3. The monoisotopic (exact) mass is 339 g/mol. The summed E-state index contributed by atoms with van der Waals surface area (Å²) in [5, 5.41) is 9.00. The minimum Gasteiger partial charge on any atom is -0.481 e. The number of aliphatic carboxylic acids is 1. The van der Waals surface area contributed by atoms with Crippen molar-refractivity contribution < 1.29 is 18.3 Å². The molecule has 0 aliphatic carbocycles. The zero-order valence-electron chi connectivity index (χ0n) is 11.7. The second kappa shape index (κ2) is 6.37. The van der Waals surface area contributed by atoms with Crippen molar-refractivity contribution in [3.63, 3.8) is 0 Å². The Balaban J connectivity index is 2.26. The standard InChI is InChI=1S/C15H14ClNO4S/c1-10-2-7-13(16)14(8-10)17-22(20,21)12-5-3-11(4-6-12)9-15(18)19/h2-8,17H,9H2,1H3,(H,18,19). The van der Waals surface area contributed by atoms with Gasteiger partial charge in [0.1, 0.15) is 0 Å². The first-order valence-corrected chi connectivity index (χ1v) is 8.24. The van der Waals surface area contributed by atoms with Gasteiger partial charge in [-0.25, -0.2) is 8.42 Å². The first kappa shape index (κ1) is 16.3. The average molecular weight is 340 g/mol. The number of anilines is 1. The lowest BCUT2D eigenvalue weighted by molar-refractivity contribution is -0.136. The average Bonchev–Trinajstić information content (AvgIpc) is 2.42. The van der Waals surface area contributed by atoms with Crippen LogP contribution in [-0.2, 0) is 21.2 Å². The van der Waals surface area contributed by atoms with Crippen LogP contribution in [0.3, 0.4) is 0 Å². The fourth-order valence-electron chi connectivity index (χ4n) is 1.88. The summed E-state index contributed by atoms with van der Waals surface area (Å²) in [5.74, 6) is -0.972. The predicted molar refractivity (Wildman–Crippen MR) is 84.8 cm³/mol. The number of rotatable bonds is 5. The zero-order valence-corrected chi connectivity index (χ0v) is 13.3. The molecule has 0 atom stereocenters. The number of halogens is 1. The van der Waals surface area contributed by atoms with E-state index >= 15 is 0 Å². The lowest BCUT2D eigenvalue weighted by atomic mass is 10.2. The topological polar surface area (TPSA) is 83.5 Å². The van der Waals surface area contributed by atoms with Gasteiger partial charge in [0.2, 0.25) is 0 Å². The summed E-state index contributed by atoms with van der Waals surface area (Å²) in [6.45, 7) is 1.83. The molecule has 0 radical (unpaired) electrons. The lowest BCUT2D eigenvalue weighted by Crippen LogP contribution is -2.13. The van der Waals surface area contributed by atoms with Crippen molar-refractivity contribution >= 4 is 33.3 Å². The number of carboxylic acid groups (broad SMARTS) is 1. The molecule has 0 heterocycles. The molecule has 7 heteroatoms. The van der Waals surface area contributed by atoms with Gasteiger partial charge < -0.3 is 5.11 Å². The summed E-state index contributed by atoms with van der Waals surface area (Å²) in [6.07, 6.45) is -0.155. The highest BCUT2D eigenvalue weighted by molar-refractivity contribution is 7.92. The van der Waals surface area contributed by atoms with Gasteiger partial charge in [0, 0.05) is 0 Å². The second-order valence-electron chi connectivity index (χ2n) is 4.80. The highest BCUT2D eigenvalue weighted by atomic mass is 35.5. The molecule has 0 unspecified atom stereocenters. The van der Waals surface area contributed by atoms with E-state index in [1.165, 1.54) is 24.3 Å². The fraction of sp³-hybridized carbons (Fsp3) is 0.133. The van der Waals surface area contributed by atoms with Crippen LogP contribution in [0.5, 0.6) is 0 Å². The maximum absolute atomic E-state index is 12.3. The Morgan fingerprint density at radius 3 is 2.41 bits per heavy atom. The molecule has 0 saturated carbocycles. The summed E-state index contributed by atoms with van der Waals surface area (Å²) < 4.78 is 27.1. The number of hydrogen-bond donors (Lipinski definition) is 2. The number of sulfonamides is 1. The molecule has 2 aromatic carbocycles. The quantitative estimate of drug-likeness (QED) is 0.876. The molecule has 0 amide bonds. The Morgan fingerprint density at radius 2 is 1.82 bits per heavy atom. The van der Waals surface area contributed by atoms with Gasteiger partial charge in [0.15, 0.2) is 0 Å². The third kappa shape index (κ3) is 3.99. The van der Waals surface area contributed by atoms with E-state index in [1.54, 1.807) is 18.2 Å². The fourth-order valence-corrected chi connectivity index (χ4v) is 3.17. The Morgan fingerprint density at radius 1 is 1.18 bits per heavy atom. The van der Waals surface area contributed by atoms with Gasteiger partial charge in [0.05, 0.1) is 22.0 Å². The second-order valence-corrected chi connectivity index (χ2v) is 6.89. The van der Waals surface area contributed by atoms with E-state index in [4.69, 9.17) is 16.7 Å². The van der Waals surface area contributed by atoms with E-state index in [2.05, 4.69) is 4.72 Å². The smallest absolute Gasteiger partial charge is 0.307 e. The van der Waals surface area contributed by atoms with E-state index in [-0.39, 0.29) is 11.3 Å². The molecule has 0 aromatic heterocycles. The first-order chi connectivity index (χ1) is 10.3. The van der Waals surface area contributed by atoms with Crippen LogP contribution in [0.25, 0.3) is 0 Å². The van der Waals surface area contributed by atoms with Crippen molar-refractivity contribution in [2.24, 2.45) is 0 Å². The summed E-state index contributed by atoms with van der Waals surface area (Å²) >= 11 is 5.98. The van der Waals surface area contributed by atoms with Gasteiger partial charge in [-0.1, -0.05) is 29.8 Å². The minimum atomic E-state index is -3.78. The van der Waals surface area contributed by atoms with E-state index in [9.17, 15) is 13.2 Å². The lowest BCUT2D eigenvalue weighted by Gasteiger charge is -2.10. The number of nitrogens with one attached hydrogen (secondary N) is 1. The van der Waals surface area contributed by atoms with Crippen molar-refractivity contribution in [1.82, 2.24) is 0 Å². The maximum Gasteiger partial charge on any atom is 0.307 e. The van der Waals surface area contributed by atoms with Crippen molar-refractivity contribution in [3.8, 4) is 0 Å². The molecule has 0 aliphatic heterocycles. The van der Waals surface area contributed by atoms with Crippen molar-refractivity contribution in [3.05, 3.63) is 58.6 Å². The van der Waals surface area contributed by atoms with Gasteiger partial charge in [-0.3, -0.25) is 9.52 Å². The van der Waals surface area contributed by atoms with Crippen LogP contribution in [0, 0.1) is 6.92 Å².